The quantitative estimate of drug-likeness (QED) is 0.269. The van der Waals surface area contributed by atoms with Gasteiger partial charge in [0.2, 0.25) is 5.95 Å². The highest BCUT2D eigenvalue weighted by atomic mass is 16.5. The minimum absolute atomic E-state index is 0.140. The predicted octanol–water partition coefficient (Wildman–Crippen LogP) is 4.88. The molecule has 10 nitrogen and oxygen atoms in total. The molecule has 0 radical (unpaired) electrons. The van der Waals surface area contributed by atoms with Gasteiger partial charge in [-0.15, -0.1) is 0 Å². The molecule has 0 bridgehead atoms. The number of carbonyl (C=O) groups is 2. The first kappa shape index (κ1) is 27.8. The Labute approximate surface area is 239 Å². The van der Waals surface area contributed by atoms with Crippen LogP contribution in [0.1, 0.15) is 24.8 Å². The van der Waals surface area contributed by atoms with Crippen molar-refractivity contribution in [2.45, 2.75) is 31.8 Å². The monoisotopic (exact) mass is 551 g/mol. The topological polar surface area (TPSA) is 131 Å². The van der Waals surface area contributed by atoms with Crippen molar-refractivity contribution < 1.29 is 14.3 Å². The van der Waals surface area contributed by atoms with E-state index in [-0.39, 0.29) is 24.4 Å². The van der Waals surface area contributed by atoms with Crippen molar-refractivity contribution >= 4 is 40.8 Å². The third kappa shape index (κ3) is 5.88. The van der Waals surface area contributed by atoms with E-state index in [1.165, 1.54) is 4.90 Å². The molecule has 0 aliphatic carbocycles. The molecule has 2 heterocycles. The van der Waals surface area contributed by atoms with Gasteiger partial charge in [-0.25, -0.2) is 19.6 Å². The average Bonchev–Trinajstić information content (AvgIpc) is 3.02. The third-order valence-electron chi connectivity index (χ3n) is 6.91. The number of para-hydroxylation sites is 2. The van der Waals surface area contributed by atoms with Crippen molar-refractivity contribution in [1.29, 1.82) is 0 Å². The second-order valence-electron chi connectivity index (χ2n) is 9.66. The summed E-state index contributed by atoms with van der Waals surface area (Å²) in [4.78, 5) is 41.8. The van der Waals surface area contributed by atoms with Crippen LogP contribution in [0, 0.1) is 0 Å². The van der Waals surface area contributed by atoms with Gasteiger partial charge in [0.05, 0.1) is 31.1 Å². The van der Waals surface area contributed by atoms with Gasteiger partial charge in [-0.1, -0.05) is 42.8 Å². The number of hydrogen-bond donors (Lipinski definition) is 2. The Morgan fingerprint density at radius 1 is 0.976 bits per heavy atom. The third-order valence-corrected chi connectivity index (χ3v) is 6.91. The van der Waals surface area contributed by atoms with Gasteiger partial charge in [0.15, 0.2) is 5.82 Å². The summed E-state index contributed by atoms with van der Waals surface area (Å²) >= 11 is 0. The number of hydrogen-bond acceptors (Lipinski definition) is 7. The van der Waals surface area contributed by atoms with E-state index in [0.717, 1.165) is 18.4 Å². The predicted molar refractivity (Wildman–Crippen MR) is 160 cm³/mol. The van der Waals surface area contributed by atoms with E-state index in [1.54, 1.807) is 35.2 Å². The molecule has 4 aromatic rings. The van der Waals surface area contributed by atoms with E-state index >= 15 is 0 Å². The Morgan fingerprint density at radius 3 is 2.32 bits per heavy atom. The van der Waals surface area contributed by atoms with Crippen molar-refractivity contribution in [3.63, 3.8) is 0 Å². The molecule has 5 rings (SSSR count). The van der Waals surface area contributed by atoms with Gasteiger partial charge in [-0.2, -0.15) is 4.98 Å². The van der Waals surface area contributed by atoms with E-state index < -0.39 is 6.04 Å². The molecule has 1 aromatic heterocycles. The second-order valence-corrected chi connectivity index (χ2v) is 9.66. The zero-order valence-corrected chi connectivity index (χ0v) is 22.9. The number of unbranched alkanes of at least 4 members (excludes halogenated alkanes) is 1. The molecular formula is C31H33N7O3. The summed E-state index contributed by atoms with van der Waals surface area (Å²) in [6, 6.07) is 24.7. The summed E-state index contributed by atoms with van der Waals surface area (Å²) in [6.07, 6.45) is 3.66. The fourth-order valence-corrected chi connectivity index (χ4v) is 4.74. The SMILES string of the molecule is COc1ccc(N2Cc3cnc(N(C(=O)[C@@H](N)CCCCN)c4ccccc4)nc3N(c3ccccc3)C2=O)cc1. The molecule has 0 saturated carbocycles. The molecule has 0 fully saturated rings. The Kier molecular flexibility index (Phi) is 8.52. The first-order valence-electron chi connectivity index (χ1n) is 13.5. The van der Waals surface area contributed by atoms with Gasteiger partial charge in [-0.3, -0.25) is 9.69 Å². The summed E-state index contributed by atoms with van der Waals surface area (Å²) in [5.74, 6) is 0.905. The number of aromatic nitrogens is 2. The van der Waals surface area contributed by atoms with Crippen LogP contribution in [-0.2, 0) is 11.3 Å². The van der Waals surface area contributed by atoms with Gasteiger partial charge < -0.3 is 16.2 Å². The van der Waals surface area contributed by atoms with Crippen LogP contribution in [-0.4, -0.2) is 41.6 Å². The number of benzene rings is 3. The van der Waals surface area contributed by atoms with Gasteiger partial charge >= 0.3 is 6.03 Å². The molecule has 210 valence electrons. The number of anilines is 5. The van der Waals surface area contributed by atoms with Gasteiger partial charge in [0.25, 0.3) is 5.91 Å². The number of nitrogens with two attached hydrogens (primary N) is 2. The van der Waals surface area contributed by atoms with Gasteiger partial charge in [0.1, 0.15) is 5.75 Å². The molecule has 41 heavy (non-hydrogen) atoms. The Bertz CT molecular complexity index is 1480. The van der Waals surface area contributed by atoms with Crippen molar-refractivity contribution in [2.24, 2.45) is 11.5 Å². The smallest absolute Gasteiger partial charge is 0.335 e. The van der Waals surface area contributed by atoms with E-state index in [2.05, 4.69) is 4.98 Å². The minimum atomic E-state index is -0.765. The number of urea groups is 1. The number of rotatable bonds is 10. The van der Waals surface area contributed by atoms with Crippen LogP contribution >= 0.6 is 0 Å². The van der Waals surface area contributed by atoms with E-state index in [1.807, 2.05) is 72.8 Å². The Morgan fingerprint density at radius 2 is 1.66 bits per heavy atom. The summed E-state index contributed by atoms with van der Waals surface area (Å²) in [5, 5.41) is 0. The number of fused-ring (bicyclic) bond motifs is 1. The molecule has 1 atom stereocenters. The lowest BCUT2D eigenvalue weighted by atomic mass is 10.1. The zero-order valence-electron chi connectivity index (χ0n) is 22.9. The van der Waals surface area contributed by atoms with Crippen LogP contribution in [0.3, 0.4) is 0 Å². The van der Waals surface area contributed by atoms with Gasteiger partial charge in [-0.05, 0) is 67.9 Å². The molecule has 10 heteroatoms. The zero-order chi connectivity index (χ0) is 28.8. The van der Waals surface area contributed by atoms with E-state index in [9.17, 15) is 9.59 Å². The van der Waals surface area contributed by atoms with Crippen LogP contribution < -0.4 is 30.9 Å². The molecule has 1 aliphatic rings. The highest BCUT2D eigenvalue weighted by Gasteiger charge is 2.36. The molecule has 3 amide bonds. The van der Waals surface area contributed by atoms with Crippen LogP contribution in [0.5, 0.6) is 5.75 Å². The second kappa shape index (κ2) is 12.6. The molecule has 1 aliphatic heterocycles. The van der Waals surface area contributed by atoms with E-state index in [0.29, 0.717) is 41.6 Å². The Balaban J connectivity index is 1.58. The summed E-state index contributed by atoms with van der Waals surface area (Å²) in [7, 11) is 1.60. The minimum Gasteiger partial charge on any atom is -0.497 e. The van der Waals surface area contributed by atoms with Crippen molar-refractivity contribution in [2.75, 3.05) is 28.4 Å². The largest absolute Gasteiger partial charge is 0.497 e. The van der Waals surface area contributed by atoms with Gasteiger partial charge in [0, 0.05) is 17.4 Å². The fraction of sp³-hybridized carbons (Fsp3) is 0.226. The standard InChI is InChI=1S/C31H33N7O3/c1-41-26-17-15-23(16-18-26)36-21-22-20-34-30(35-28(22)37(31(36)40)24-10-4-2-5-11-24)38(25-12-6-3-7-13-25)29(39)27(33)14-8-9-19-32/h2-7,10-13,15-18,20,27H,8-9,14,19,21,32-33H2,1H3/t27-/m0/s1. The molecule has 0 saturated heterocycles. The lowest BCUT2D eigenvalue weighted by Crippen LogP contribution is -2.46. The van der Waals surface area contributed by atoms with Crippen LogP contribution in [0.25, 0.3) is 0 Å². The fourth-order valence-electron chi connectivity index (χ4n) is 4.74. The maximum Gasteiger partial charge on any atom is 0.335 e. The number of amides is 3. The summed E-state index contributed by atoms with van der Waals surface area (Å²) in [6.45, 7) is 0.788. The van der Waals surface area contributed by atoms with Crippen LogP contribution in [0.15, 0.2) is 91.1 Å². The highest BCUT2D eigenvalue weighted by Crippen LogP contribution is 2.37. The lowest BCUT2D eigenvalue weighted by molar-refractivity contribution is -0.119. The molecule has 4 N–H and O–H groups in total. The lowest BCUT2D eigenvalue weighted by Gasteiger charge is -2.36. The normalized spacial score (nSPS) is 13.5. The van der Waals surface area contributed by atoms with E-state index in [4.69, 9.17) is 21.2 Å². The van der Waals surface area contributed by atoms with Crippen LogP contribution in [0.2, 0.25) is 0 Å². The maximum absolute atomic E-state index is 14.0. The number of carbonyl (C=O) groups excluding carboxylic acids is 2. The number of methoxy groups -OCH3 is 1. The summed E-state index contributed by atoms with van der Waals surface area (Å²) < 4.78 is 5.28. The van der Waals surface area contributed by atoms with Crippen molar-refractivity contribution in [1.82, 2.24) is 9.97 Å². The first-order chi connectivity index (χ1) is 20.0. The molecule has 0 spiro atoms. The maximum atomic E-state index is 14.0. The highest BCUT2D eigenvalue weighted by molar-refractivity contribution is 6.10. The molecular weight excluding hydrogens is 518 g/mol. The van der Waals surface area contributed by atoms with Crippen molar-refractivity contribution in [3.8, 4) is 5.75 Å². The average molecular weight is 552 g/mol. The van der Waals surface area contributed by atoms with Crippen LogP contribution in [0.4, 0.5) is 33.6 Å². The summed E-state index contributed by atoms with van der Waals surface area (Å²) in [5.41, 5.74) is 14.6. The molecule has 3 aromatic carbocycles. The first-order valence-corrected chi connectivity index (χ1v) is 13.5. The molecule has 0 unspecified atom stereocenters. The number of nitrogens with zero attached hydrogens (tertiary/aromatic N) is 5. The Hall–Kier alpha value is -4.80. The number of ether oxygens (including phenoxy) is 1. The van der Waals surface area contributed by atoms with Crippen molar-refractivity contribution in [3.05, 3.63) is 96.7 Å².